The Kier molecular flexibility index (Phi) is 4.67. The summed E-state index contributed by atoms with van der Waals surface area (Å²) in [6.07, 6.45) is 0. The SMILES string of the molecule is COc1cccc(NCCNc2ccc(C)cc2)c1. The first kappa shape index (κ1) is 13.3. The van der Waals surface area contributed by atoms with Gasteiger partial charge in [0.15, 0.2) is 0 Å². The van der Waals surface area contributed by atoms with E-state index in [1.807, 2.05) is 24.3 Å². The molecular weight excluding hydrogens is 236 g/mol. The van der Waals surface area contributed by atoms with Gasteiger partial charge in [0.05, 0.1) is 7.11 Å². The summed E-state index contributed by atoms with van der Waals surface area (Å²) < 4.78 is 5.19. The Morgan fingerprint density at radius 2 is 1.58 bits per heavy atom. The molecule has 2 N–H and O–H groups in total. The number of anilines is 2. The summed E-state index contributed by atoms with van der Waals surface area (Å²) in [7, 11) is 1.68. The van der Waals surface area contributed by atoms with Gasteiger partial charge in [0.25, 0.3) is 0 Å². The van der Waals surface area contributed by atoms with Gasteiger partial charge in [0, 0.05) is 30.5 Å². The summed E-state index contributed by atoms with van der Waals surface area (Å²) in [4.78, 5) is 0. The van der Waals surface area contributed by atoms with E-state index in [9.17, 15) is 0 Å². The van der Waals surface area contributed by atoms with Gasteiger partial charge in [-0.1, -0.05) is 23.8 Å². The monoisotopic (exact) mass is 256 g/mol. The molecule has 0 aliphatic heterocycles. The molecule has 0 fully saturated rings. The number of nitrogens with one attached hydrogen (secondary N) is 2. The molecule has 3 nitrogen and oxygen atoms in total. The van der Waals surface area contributed by atoms with Crippen molar-refractivity contribution in [3.63, 3.8) is 0 Å². The minimum absolute atomic E-state index is 0.862. The summed E-state index contributed by atoms with van der Waals surface area (Å²) >= 11 is 0. The van der Waals surface area contributed by atoms with E-state index in [4.69, 9.17) is 4.74 Å². The lowest BCUT2D eigenvalue weighted by atomic mass is 10.2. The van der Waals surface area contributed by atoms with E-state index in [-0.39, 0.29) is 0 Å². The molecule has 100 valence electrons. The van der Waals surface area contributed by atoms with Gasteiger partial charge >= 0.3 is 0 Å². The van der Waals surface area contributed by atoms with Crippen LogP contribution in [-0.2, 0) is 0 Å². The fourth-order valence-corrected chi connectivity index (χ4v) is 1.82. The number of hydrogen-bond donors (Lipinski definition) is 2. The molecule has 0 radical (unpaired) electrons. The van der Waals surface area contributed by atoms with Crippen LogP contribution in [0.4, 0.5) is 11.4 Å². The van der Waals surface area contributed by atoms with Gasteiger partial charge in [0.2, 0.25) is 0 Å². The molecule has 2 aromatic rings. The maximum Gasteiger partial charge on any atom is 0.120 e. The van der Waals surface area contributed by atoms with Crippen LogP contribution in [0.1, 0.15) is 5.56 Å². The summed E-state index contributed by atoms with van der Waals surface area (Å²) in [6.45, 7) is 3.83. The highest BCUT2D eigenvalue weighted by molar-refractivity contribution is 5.49. The van der Waals surface area contributed by atoms with Crippen LogP contribution >= 0.6 is 0 Å². The Bertz CT molecular complexity index is 508. The summed E-state index contributed by atoms with van der Waals surface area (Å²) in [5.74, 6) is 0.872. The van der Waals surface area contributed by atoms with Crippen LogP contribution in [-0.4, -0.2) is 20.2 Å². The number of methoxy groups -OCH3 is 1. The average Bonchev–Trinajstić information content (AvgIpc) is 2.46. The average molecular weight is 256 g/mol. The zero-order chi connectivity index (χ0) is 13.5. The maximum absolute atomic E-state index is 5.19. The van der Waals surface area contributed by atoms with E-state index in [1.165, 1.54) is 5.56 Å². The lowest BCUT2D eigenvalue weighted by Crippen LogP contribution is -2.13. The highest BCUT2D eigenvalue weighted by Crippen LogP contribution is 2.16. The fourth-order valence-electron chi connectivity index (χ4n) is 1.82. The third-order valence-corrected chi connectivity index (χ3v) is 2.90. The van der Waals surface area contributed by atoms with Crippen molar-refractivity contribution in [2.24, 2.45) is 0 Å². The number of rotatable bonds is 6. The van der Waals surface area contributed by atoms with Crippen molar-refractivity contribution in [3.8, 4) is 5.75 Å². The fraction of sp³-hybridized carbons (Fsp3) is 0.250. The Hall–Kier alpha value is -2.16. The first-order chi connectivity index (χ1) is 9.28. The predicted molar refractivity (Wildman–Crippen MR) is 81.2 cm³/mol. The van der Waals surface area contributed by atoms with Crippen molar-refractivity contribution in [1.29, 1.82) is 0 Å². The summed E-state index contributed by atoms with van der Waals surface area (Å²) in [5.41, 5.74) is 3.50. The van der Waals surface area contributed by atoms with Crippen molar-refractivity contribution in [3.05, 3.63) is 54.1 Å². The van der Waals surface area contributed by atoms with Crippen molar-refractivity contribution < 1.29 is 4.74 Å². The minimum atomic E-state index is 0.862. The zero-order valence-electron chi connectivity index (χ0n) is 11.4. The molecule has 0 saturated heterocycles. The van der Waals surface area contributed by atoms with E-state index in [1.54, 1.807) is 7.11 Å². The van der Waals surface area contributed by atoms with Gasteiger partial charge in [-0.05, 0) is 31.2 Å². The van der Waals surface area contributed by atoms with E-state index in [0.717, 1.165) is 30.2 Å². The van der Waals surface area contributed by atoms with Crippen molar-refractivity contribution >= 4 is 11.4 Å². The normalized spacial score (nSPS) is 10.0. The quantitative estimate of drug-likeness (QED) is 0.776. The summed E-state index contributed by atoms with van der Waals surface area (Å²) in [6, 6.07) is 16.4. The lowest BCUT2D eigenvalue weighted by molar-refractivity contribution is 0.415. The van der Waals surface area contributed by atoms with Gasteiger partial charge in [0.1, 0.15) is 5.75 Å². The molecule has 2 rings (SSSR count). The van der Waals surface area contributed by atoms with Gasteiger partial charge < -0.3 is 15.4 Å². The Labute approximate surface area is 114 Å². The maximum atomic E-state index is 5.19. The van der Waals surface area contributed by atoms with Crippen LogP contribution in [0.2, 0.25) is 0 Å². The lowest BCUT2D eigenvalue weighted by Gasteiger charge is -2.10. The first-order valence-electron chi connectivity index (χ1n) is 6.46. The molecule has 2 aromatic carbocycles. The predicted octanol–water partition coefficient (Wildman–Crippen LogP) is 3.53. The highest BCUT2D eigenvalue weighted by Gasteiger charge is 1.95. The second kappa shape index (κ2) is 6.69. The van der Waals surface area contributed by atoms with Gasteiger partial charge in [-0.15, -0.1) is 0 Å². The molecule has 0 amide bonds. The van der Waals surface area contributed by atoms with Crippen LogP contribution < -0.4 is 15.4 Å². The number of ether oxygens (including phenoxy) is 1. The Morgan fingerprint density at radius 3 is 2.26 bits per heavy atom. The topological polar surface area (TPSA) is 33.3 Å². The largest absolute Gasteiger partial charge is 0.497 e. The molecule has 0 unspecified atom stereocenters. The van der Waals surface area contributed by atoms with Gasteiger partial charge in [-0.2, -0.15) is 0 Å². The van der Waals surface area contributed by atoms with E-state index >= 15 is 0 Å². The number of hydrogen-bond acceptors (Lipinski definition) is 3. The number of benzene rings is 2. The van der Waals surface area contributed by atoms with Gasteiger partial charge in [-0.3, -0.25) is 0 Å². The summed E-state index contributed by atoms with van der Waals surface area (Å²) in [5, 5.41) is 6.74. The van der Waals surface area contributed by atoms with Gasteiger partial charge in [-0.25, -0.2) is 0 Å². The van der Waals surface area contributed by atoms with E-state index in [0.29, 0.717) is 0 Å². The third kappa shape index (κ3) is 4.21. The molecule has 0 heterocycles. The molecule has 0 aromatic heterocycles. The molecule has 0 spiro atoms. The molecule has 3 heteroatoms. The van der Waals surface area contributed by atoms with Crippen molar-refractivity contribution in [1.82, 2.24) is 0 Å². The zero-order valence-corrected chi connectivity index (χ0v) is 11.4. The van der Waals surface area contributed by atoms with Crippen LogP contribution in [0.5, 0.6) is 5.75 Å². The molecule has 0 aliphatic carbocycles. The molecule has 0 saturated carbocycles. The van der Waals surface area contributed by atoms with Crippen molar-refractivity contribution in [2.45, 2.75) is 6.92 Å². The molecule has 0 atom stereocenters. The van der Waals surface area contributed by atoms with E-state index in [2.05, 4.69) is 41.8 Å². The smallest absolute Gasteiger partial charge is 0.120 e. The van der Waals surface area contributed by atoms with E-state index < -0.39 is 0 Å². The molecular formula is C16H20N2O. The minimum Gasteiger partial charge on any atom is -0.497 e. The molecule has 0 aliphatic rings. The Balaban J connectivity index is 1.75. The molecule has 19 heavy (non-hydrogen) atoms. The number of aryl methyl sites for hydroxylation is 1. The molecule has 0 bridgehead atoms. The van der Waals surface area contributed by atoms with Crippen LogP contribution in [0, 0.1) is 6.92 Å². The second-order valence-corrected chi connectivity index (χ2v) is 4.45. The van der Waals surface area contributed by atoms with Crippen LogP contribution in [0.3, 0.4) is 0 Å². The Morgan fingerprint density at radius 1 is 0.895 bits per heavy atom. The highest BCUT2D eigenvalue weighted by atomic mass is 16.5. The standard InChI is InChI=1S/C16H20N2O/c1-13-6-8-14(9-7-13)17-10-11-18-15-4-3-5-16(12-15)19-2/h3-9,12,17-18H,10-11H2,1-2H3. The van der Waals surface area contributed by atoms with Crippen LogP contribution in [0.25, 0.3) is 0 Å². The van der Waals surface area contributed by atoms with Crippen molar-refractivity contribution in [2.75, 3.05) is 30.8 Å². The second-order valence-electron chi connectivity index (χ2n) is 4.45. The first-order valence-corrected chi connectivity index (χ1v) is 6.46. The van der Waals surface area contributed by atoms with Crippen LogP contribution in [0.15, 0.2) is 48.5 Å². The third-order valence-electron chi connectivity index (χ3n) is 2.90.